The summed E-state index contributed by atoms with van der Waals surface area (Å²) in [6.45, 7) is 1.75. The molecule has 5 nitrogen and oxygen atoms in total. The Morgan fingerprint density at radius 1 is 1.22 bits per heavy atom. The number of guanidine groups is 1. The van der Waals surface area contributed by atoms with Crippen molar-refractivity contribution in [2.75, 3.05) is 13.6 Å². The molecule has 0 aliphatic rings. The van der Waals surface area contributed by atoms with E-state index in [0.717, 1.165) is 29.7 Å². The van der Waals surface area contributed by atoms with Crippen LogP contribution in [0.2, 0.25) is 0 Å². The fourth-order valence-electron chi connectivity index (χ4n) is 2.69. The predicted octanol–water partition coefficient (Wildman–Crippen LogP) is 3.87. The van der Waals surface area contributed by atoms with Crippen molar-refractivity contribution >= 4 is 28.2 Å². The first kappa shape index (κ1) is 19.2. The highest BCUT2D eigenvalue weighted by atomic mass is 32.1. The average molecular weight is 395 g/mol. The van der Waals surface area contributed by atoms with Crippen molar-refractivity contribution < 1.29 is 13.2 Å². The second-order valence-electron chi connectivity index (χ2n) is 5.90. The molecule has 0 aliphatic carbocycles. The standard InChI is InChI=1S/C18H20F3N5S/c1-22-17(24-11-16-25-15(12-27-16)18(19,20)21)23-8-4-9-26-10-7-13-5-2-3-6-14(13)26/h2-3,5-7,10,12H,4,8-9,11H2,1H3,(H2,22,23,24). The maximum Gasteiger partial charge on any atom is 0.434 e. The van der Waals surface area contributed by atoms with Gasteiger partial charge in [0.1, 0.15) is 5.01 Å². The molecule has 9 heteroatoms. The number of para-hydroxylation sites is 1. The third-order valence-electron chi connectivity index (χ3n) is 4.02. The van der Waals surface area contributed by atoms with Gasteiger partial charge >= 0.3 is 6.18 Å². The zero-order valence-corrected chi connectivity index (χ0v) is 15.6. The van der Waals surface area contributed by atoms with E-state index in [0.29, 0.717) is 17.5 Å². The monoisotopic (exact) mass is 395 g/mol. The normalized spacial score (nSPS) is 12.5. The first-order valence-electron chi connectivity index (χ1n) is 8.47. The molecule has 0 unspecified atom stereocenters. The van der Waals surface area contributed by atoms with Crippen LogP contribution in [0.5, 0.6) is 0 Å². The number of nitrogens with one attached hydrogen (secondary N) is 2. The van der Waals surface area contributed by atoms with Gasteiger partial charge in [-0.05, 0) is 23.9 Å². The largest absolute Gasteiger partial charge is 0.434 e. The summed E-state index contributed by atoms with van der Waals surface area (Å²) in [6.07, 6.45) is -1.45. The van der Waals surface area contributed by atoms with Crippen LogP contribution >= 0.6 is 11.3 Å². The Bertz CT molecular complexity index is 913. The zero-order valence-electron chi connectivity index (χ0n) is 14.8. The van der Waals surface area contributed by atoms with Gasteiger partial charge in [-0.1, -0.05) is 18.2 Å². The van der Waals surface area contributed by atoms with Crippen molar-refractivity contribution in [1.82, 2.24) is 20.2 Å². The van der Waals surface area contributed by atoms with Crippen molar-refractivity contribution in [1.29, 1.82) is 0 Å². The Morgan fingerprint density at radius 3 is 2.78 bits per heavy atom. The van der Waals surface area contributed by atoms with Crippen LogP contribution in [-0.2, 0) is 19.3 Å². The third kappa shape index (κ3) is 5.00. The molecule has 27 heavy (non-hydrogen) atoms. The van der Waals surface area contributed by atoms with E-state index in [9.17, 15) is 13.2 Å². The van der Waals surface area contributed by atoms with E-state index in [4.69, 9.17) is 0 Å². The van der Waals surface area contributed by atoms with Crippen molar-refractivity contribution in [3.8, 4) is 0 Å². The van der Waals surface area contributed by atoms with Gasteiger partial charge in [-0.2, -0.15) is 13.2 Å². The summed E-state index contributed by atoms with van der Waals surface area (Å²) >= 11 is 0.977. The molecule has 2 N–H and O–H groups in total. The number of rotatable bonds is 6. The number of alkyl halides is 3. The minimum atomic E-state index is -4.41. The van der Waals surface area contributed by atoms with E-state index in [1.807, 2.05) is 12.1 Å². The van der Waals surface area contributed by atoms with Crippen LogP contribution < -0.4 is 10.6 Å². The van der Waals surface area contributed by atoms with Gasteiger partial charge in [0.25, 0.3) is 0 Å². The topological polar surface area (TPSA) is 54.2 Å². The SMILES string of the molecule is CN=C(NCCCn1ccc2ccccc21)NCc1nc(C(F)(F)F)cs1. The van der Waals surface area contributed by atoms with E-state index < -0.39 is 11.9 Å². The summed E-state index contributed by atoms with van der Waals surface area (Å²) in [5.41, 5.74) is 0.343. The first-order chi connectivity index (χ1) is 13.0. The van der Waals surface area contributed by atoms with Gasteiger partial charge in [-0.25, -0.2) is 4.98 Å². The summed E-state index contributed by atoms with van der Waals surface area (Å²) in [7, 11) is 1.62. The molecule has 144 valence electrons. The molecule has 0 atom stereocenters. The number of aryl methyl sites for hydroxylation is 1. The van der Waals surface area contributed by atoms with Crippen LogP contribution in [0.3, 0.4) is 0 Å². The Hall–Kier alpha value is -2.55. The third-order valence-corrected chi connectivity index (χ3v) is 4.87. The van der Waals surface area contributed by atoms with Gasteiger partial charge in [0.2, 0.25) is 0 Å². The van der Waals surface area contributed by atoms with E-state index >= 15 is 0 Å². The maximum atomic E-state index is 12.6. The number of hydrogen-bond acceptors (Lipinski definition) is 3. The van der Waals surface area contributed by atoms with Crippen molar-refractivity contribution in [2.45, 2.75) is 25.7 Å². The number of fused-ring (bicyclic) bond motifs is 1. The Labute approximate surface area is 158 Å². The molecule has 2 heterocycles. The lowest BCUT2D eigenvalue weighted by Crippen LogP contribution is -2.37. The molecule has 0 saturated carbocycles. The number of hydrogen-bond donors (Lipinski definition) is 2. The van der Waals surface area contributed by atoms with Gasteiger partial charge in [-0.3, -0.25) is 4.99 Å². The number of aromatic nitrogens is 2. The summed E-state index contributed by atoms with van der Waals surface area (Å²) in [5, 5.41) is 8.75. The quantitative estimate of drug-likeness (QED) is 0.378. The Balaban J connectivity index is 1.43. The van der Waals surface area contributed by atoms with E-state index in [-0.39, 0.29) is 6.54 Å². The van der Waals surface area contributed by atoms with Crippen molar-refractivity contribution in [3.05, 3.63) is 52.6 Å². The fourth-order valence-corrected chi connectivity index (χ4v) is 3.43. The maximum absolute atomic E-state index is 12.6. The molecule has 0 saturated heterocycles. The molecule has 0 aliphatic heterocycles. The van der Waals surface area contributed by atoms with E-state index in [2.05, 4.69) is 49.6 Å². The smallest absolute Gasteiger partial charge is 0.356 e. The molecule has 0 bridgehead atoms. The Morgan fingerprint density at radius 2 is 2.04 bits per heavy atom. The highest BCUT2D eigenvalue weighted by Crippen LogP contribution is 2.29. The molecular formula is C18H20F3N5S. The lowest BCUT2D eigenvalue weighted by atomic mass is 10.2. The predicted molar refractivity (Wildman–Crippen MR) is 102 cm³/mol. The molecule has 3 aromatic rings. The van der Waals surface area contributed by atoms with Gasteiger partial charge in [0.15, 0.2) is 11.7 Å². The molecule has 0 amide bonds. The molecular weight excluding hydrogens is 375 g/mol. The van der Waals surface area contributed by atoms with Crippen LogP contribution in [-0.4, -0.2) is 29.1 Å². The van der Waals surface area contributed by atoms with E-state index in [1.54, 1.807) is 7.05 Å². The lowest BCUT2D eigenvalue weighted by molar-refractivity contribution is -0.140. The van der Waals surface area contributed by atoms with Crippen LogP contribution in [0.25, 0.3) is 10.9 Å². The number of nitrogens with zero attached hydrogens (tertiary/aromatic N) is 3. The number of benzene rings is 1. The second-order valence-corrected chi connectivity index (χ2v) is 6.84. The minimum Gasteiger partial charge on any atom is -0.356 e. The number of halogens is 3. The fraction of sp³-hybridized carbons (Fsp3) is 0.333. The molecule has 0 spiro atoms. The zero-order chi connectivity index (χ0) is 19.3. The number of aliphatic imine (C=N–C) groups is 1. The van der Waals surface area contributed by atoms with Crippen molar-refractivity contribution in [2.24, 2.45) is 4.99 Å². The second kappa shape index (κ2) is 8.43. The summed E-state index contributed by atoms with van der Waals surface area (Å²) < 4.78 is 39.9. The van der Waals surface area contributed by atoms with Crippen LogP contribution in [0.1, 0.15) is 17.1 Å². The summed E-state index contributed by atoms with van der Waals surface area (Å²) in [5.74, 6) is 0.538. The van der Waals surface area contributed by atoms with Gasteiger partial charge in [-0.15, -0.1) is 11.3 Å². The molecule has 0 radical (unpaired) electrons. The average Bonchev–Trinajstić information content (AvgIpc) is 3.28. The van der Waals surface area contributed by atoms with Crippen molar-refractivity contribution in [3.63, 3.8) is 0 Å². The highest BCUT2D eigenvalue weighted by molar-refractivity contribution is 7.09. The van der Waals surface area contributed by atoms with Gasteiger partial charge < -0.3 is 15.2 Å². The van der Waals surface area contributed by atoms with Gasteiger partial charge in [0, 0.05) is 37.2 Å². The minimum absolute atomic E-state index is 0.197. The molecule has 0 fully saturated rings. The van der Waals surface area contributed by atoms with Crippen LogP contribution in [0.15, 0.2) is 46.9 Å². The molecule has 3 rings (SSSR count). The van der Waals surface area contributed by atoms with E-state index in [1.165, 1.54) is 10.9 Å². The highest BCUT2D eigenvalue weighted by Gasteiger charge is 2.33. The Kier molecular flexibility index (Phi) is 6.00. The molecule has 2 aromatic heterocycles. The summed E-state index contributed by atoms with van der Waals surface area (Å²) in [6, 6.07) is 10.3. The number of thiazole rings is 1. The molecule has 1 aromatic carbocycles. The van der Waals surface area contributed by atoms with Crippen LogP contribution in [0.4, 0.5) is 13.2 Å². The van der Waals surface area contributed by atoms with Gasteiger partial charge in [0.05, 0.1) is 6.54 Å². The van der Waals surface area contributed by atoms with Crippen LogP contribution in [0, 0.1) is 0 Å². The summed E-state index contributed by atoms with van der Waals surface area (Å²) in [4.78, 5) is 7.68. The first-order valence-corrected chi connectivity index (χ1v) is 9.35. The lowest BCUT2D eigenvalue weighted by Gasteiger charge is -2.11.